The molecule has 0 bridgehead atoms. The molecule has 0 saturated carbocycles. The van der Waals surface area contributed by atoms with Gasteiger partial charge in [0.2, 0.25) is 0 Å². The standard InChI is InChI=1S/C54H40N4/c1-35-32-48(36(2)55-34-35)46-19-11-10-18-45(46)40-26-29-44(30-27-40)54(43-16-8-5-9-17-43)50-21-13-12-20-47(50)49-33-42(28-31-51(49)54)53-57-37(3)56-52(58-53)41-24-22-39(23-25-41)38-14-6-4-7-15-38/h4-34H,1-3H3. The van der Waals surface area contributed by atoms with E-state index in [9.17, 15) is 0 Å². The average Bonchev–Trinajstić information content (AvgIpc) is 3.58. The van der Waals surface area contributed by atoms with Gasteiger partial charge in [0.05, 0.1) is 5.41 Å². The molecule has 2 heterocycles. The minimum Gasteiger partial charge on any atom is -0.261 e. The van der Waals surface area contributed by atoms with Crippen LogP contribution in [0.2, 0.25) is 0 Å². The van der Waals surface area contributed by atoms with Gasteiger partial charge in [0.25, 0.3) is 0 Å². The summed E-state index contributed by atoms with van der Waals surface area (Å²) in [6.07, 6.45) is 1.94. The van der Waals surface area contributed by atoms with E-state index in [1.807, 2.05) is 19.2 Å². The number of hydrogen-bond donors (Lipinski definition) is 0. The molecule has 276 valence electrons. The van der Waals surface area contributed by atoms with Crippen LogP contribution in [-0.2, 0) is 5.41 Å². The largest absolute Gasteiger partial charge is 0.261 e. The Hall–Kier alpha value is -7.30. The fraction of sp³-hybridized carbons (Fsp3) is 0.0741. The zero-order valence-electron chi connectivity index (χ0n) is 32.7. The topological polar surface area (TPSA) is 51.6 Å². The minimum absolute atomic E-state index is 0.540. The van der Waals surface area contributed by atoms with Crippen LogP contribution in [0.25, 0.3) is 67.3 Å². The lowest BCUT2D eigenvalue weighted by Gasteiger charge is -2.34. The van der Waals surface area contributed by atoms with Crippen LogP contribution in [0.3, 0.4) is 0 Å². The van der Waals surface area contributed by atoms with Gasteiger partial charge in [-0.15, -0.1) is 0 Å². The molecule has 58 heavy (non-hydrogen) atoms. The first-order valence-corrected chi connectivity index (χ1v) is 19.8. The normalized spacial score (nSPS) is 14.2. The Balaban J connectivity index is 1.09. The van der Waals surface area contributed by atoms with Gasteiger partial charge in [-0.05, 0) is 99.7 Å². The summed E-state index contributed by atoms with van der Waals surface area (Å²) in [5, 5.41) is 0. The van der Waals surface area contributed by atoms with E-state index in [1.54, 1.807) is 0 Å². The number of aryl methyl sites for hydroxylation is 3. The highest BCUT2D eigenvalue weighted by Crippen LogP contribution is 2.56. The summed E-state index contributed by atoms with van der Waals surface area (Å²) >= 11 is 0. The van der Waals surface area contributed by atoms with Gasteiger partial charge in [-0.3, -0.25) is 4.98 Å². The number of aromatic nitrogens is 4. The number of nitrogens with zero attached hydrogens (tertiary/aromatic N) is 4. The van der Waals surface area contributed by atoms with Crippen molar-refractivity contribution in [2.24, 2.45) is 0 Å². The molecule has 0 spiro atoms. The van der Waals surface area contributed by atoms with Crippen molar-refractivity contribution in [2.75, 3.05) is 0 Å². The van der Waals surface area contributed by atoms with Crippen LogP contribution < -0.4 is 0 Å². The molecule has 4 nitrogen and oxygen atoms in total. The van der Waals surface area contributed by atoms with Crippen molar-refractivity contribution in [1.82, 2.24) is 19.9 Å². The summed E-state index contributed by atoms with van der Waals surface area (Å²) in [5.41, 5.74) is 17.9. The van der Waals surface area contributed by atoms with Crippen LogP contribution in [-0.4, -0.2) is 19.9 Å². The zero-order valence-corrected chi connectivity index (χ0v) is 32.7. The van der Waals surface area contributed by atoms with E-state index in [0.717, 1.165) is 33.5 Å². The second kappa shape index (κ2) is 14.3. The third-order valence-corrected chi connectivity index (χ3v) is 11.6. The van der Waals surface area contributed by atoms with Crippen molar-refractivity contribution in [3.8, 4) is 67.3 Å². The van der Waals surface area contributed by atoms with Crippen LogP contribution in [0, 0.1) is 20.8 Å². The number of benzene rings is 7. The molecule has 7 aromatic carbocycles. The van der Waals surface area contributed by atoms with Crippen LogP contribution >= 0.6 is 0 Å². The van der Waals surface area contributed by atoms with Gasteiger partial charge in [-0.2, -0.15) is 0 Å². The lowest BCUT2D eigenvalue weighted by atomic mass is 9.67. The van der Waals surface area contributed by atoms with Crippen molar-refractivity contribution < 1.29 is 0 Å². The quantitative estimate of drug-likeness (QED) is 0.163. The Morgan fingerprint density at radius 3 is 1.64 bits per heavy atom. The molecule has 1 atom stereocenters. The highest BCUT2D eigenvalue weighted by Gasteiger charge is 2.46. The molecule has 9 aromatic rings. The fourth-order valence-electron chi connectivity index (χ4n) is 8.86. The van der Waals surface area contributed by atoms with Gasteiger partial charge < -0.3 is 0 Å². The van der Waals surface area contributed by atoms with Crippen LogP contribution in [0.4, 0.5) is 0 Å². The summed E-state index contributed by atoms with van der Waals surface area (Å²) in [6, 6.07) is 65.5. The van der Waals surface area contributed by atoms with Crippen LogP contribution in [0.1, 0.15) is 39.3 Å². The van der Waals surface area contributed by atoms with Gasteiger partial charge in [-0.25, -0.2) is 15.0 Å². The molecule has 0 radical (unpaired) electrons. The van der Waals surface area contributed by atoms with Gasteiger partial charge in [-0.1, -0.05) is 170 Å². The predicted molar refractivity (Wildman–Crippen MR) is 236 cm³/mol. The van der Waals surface area contributed by atoms with Gasteiger partial charge in [0.1, 0.15) is 5.82 Å². The summed E-state index contributed by atoms with van der Waals surface area (Å²) in [6.45, 7) is 6.13. The van der Waals surface area contributed by atoms with Crippen molar-refractivity contribution >= 4 is 0 Å². The van der Waals surface area contributed by atoms with E-state index in [0.29, 0.717) is 17.5 Å². The van der Waals surface area contributed by atoms with Gasteiger partial charge in [0.15, 0.2) is 11.6 Å². The Morgan fingerprint density at radius 2 is 0.897 bits per heavy atom. The molecule has 1 aliphatic rings. The number of fused-ring (bicyclic) bond motifs is 3. The molecule has 0 saturated heterocycles. The molecule has 4 heteroatoms. The summed E-state index contributed by atoms with van der Waals surface area (Å²) in [7, 11) is 0. The predicted octanol–water partition coefficient (Wildman–Crippen LogP) is 12.9. The minimum atomic E-state index is -0.540. The van der Waals surface area contributed by atoms with Crippen molar-refractivity contribution in [1.29, 1.82) is 0 Å². The molecule has 1 unspecified atom stereocenters. The van der Waals surface area contributed by atoms with Gasteiger partial charge >= 0.3 is 0 Å². The molecule has 0 N–H and O–H groups in total. The molecular formula is C54H40N4. The lowest BCUT2D eigenvalue weighted by Crippen LogP contribution is -2.28. The van der Waals surface area contributed by atoms with Crippen molar-refractivity contribution in [3.63, 3.8) is 0 Å². The summed E-state index contributed by atoms with van der Waals surface area (Å²) in [5.74, 6) is 2.01. The first kappa shape index (κ1) is 35.1. The molecular weight excluding hydrogens is 705 g/mol. The SMILES string of the molecule is Cc1cnc(C)c(-c2ccccc2-c2ccc(C3(c4ccccc4)c4ccccc4-c4cc(-c5nc(C)nc(-c6ccc(-c7ccccc7)cc6)n5)ccc43)cc2)c1. The number of hydrogen-bond acceptors (Lipinski definition) is 4. The number of pyridine rings is 1. The second-order valence-corrected chi connectivity index (χ2v) is 15.2. The Bertz CT molecular complexity index is 2960. The molecule has 0 amide bonds. The van der Waals surface area contributed by atoms with E-state index in [4.69, 9.17) is 19.9 Å². The maximum absolute atomic E-state index is 5.06. The third kappa shape index (κ3) is 5.93. The van der Waals surface area contributed by atoms with E-state index in [-0.39, 0.29) is 0 Å². The number of rotatable bonds is 7. The second-order valence-electron chi connectivity index (χ2n) is 15.2. The highest BCUT2D eigenvalue weighted by molar-refractivity contribution is 5.89. The highest BCUT2D eigenvalue weighted by atomic mass is 15.0. The van der Waals surface area contributed by atoms with E-state index < -0.39 is 5.41 Å². The maximum atomic E-state index is 5.06. The Labute approximate surface area is 339 Å². The van der Waals surface area contributed by atoms with E-state index in [2.05, 4.69) is 190 Å². The molecule has 10 rings (SSSR count). The van der Waals surface area contributed by atoms with E-state index in [1.165, 1.54) is 55.6 Å². The molecule has 1 aliphatic carbocycles. The van der Waals surface area contributed by atoms with Crippen LogP contribution in [0.5, 0.6) is 0 Å². The first-order valence-electron chi connectivity index (χ1n) is 19.8. The first-order chi connectivity index (χ1) is 28.5. The van der Waals surface area contributed by atoms with Crippen LogP contribution in [0.15, 0.2) is 188 Å². The van der Waals surface area contributed by atoms with Crippen molar-refractivity contribution in [2.45, 2.75) is 26.2 Å². The molecule has 0 fully saturated rings. The third-order valence-electron chi connectivity index (χ3n) is 11.6. The zero-order chi connectivity index (χ0) is 39.2. The average molecular weight is 745 g/mol. The summed E-state index contributed by atoms with van der Waals surface area (Å²) in [4.78, 5) is 19.4. The molecule has 0 aliphatic heterocycles. The summed E-state index contributed by atoms with van der Waals surface area (Å²) < 4.78 is 0. The van der Waals surface area contributed by atoms with Gasteiger partial charge in [0, 0.05) is 28.6 Å². The Kier molecular flexibility index (Phi) is 8.68. The monoisotopic (exact) mass is 744 g/mol. The molecule has 2 aromatic heterocycles. The Morgan fingerprint density at radius 1 is 0.362 bits per heavy atom. The maximum Gasteiger partial charge on any atom is 0.163 e. The van der Waals surface area contributed by atoms with Crippen molar-refractivity contribution in [3.05, 3.63) is 228 Å². The smallest absolute Gasteiger partial charge is 0.163 e. The lowest BCUT2D eigenvalue weighted by molar-refractivity contribution is 0.768. The van der Waals surface area contributed by atoms with E-state index >= 15 is 0 Å². The fourth-order valence-corrected chi connectivity index (χ4v) is 8.86.